The van der Waals surface area contributed by atoms with Crippen molar-refractivity contribution in [3.63, 3.8) is 0 Å². The molecule has 2 nitrogen and oxygen atoms in total. The zero-order chi connectivity index (χ0) is 9.61. The summed E-state index contributed by atoms with van der Waals surface area (Å²) < 4.78 is 0. The Balaban J connectivity index is 3.68. The lowest BCUT2D eigenvalue weighted by Gasteiger charge is -2.26. The van der Waals surface area contributed by atoms with Crippen molar-refractivity contribution in [1.29, 1.82) is 0 Å². The van der Waals surface area contributed by atoms with E-state index in [1.165, 1.54) is 0 Å². The minimum atomic E-state index is -1.18. The third-order valence-electron chi connectivity index (χ3n) is 1.81. The predicted molar refractivity (Wildman–Crippen MR) is 54.8 cm³/mol. The van der Waals surface area contributed by atoms with E-state index in [1.807, 2.05) is 0 Å². The maximum Gasteiger partial charge on any atom is 0.0827 e. The van der Waals surface area contributed by atoms with Crippen LogP contribution in [0, 0.1) is 0 Å². The molecule has 0 bridgehead atoms. The van der Waals surface area contributed by atoms with Crippen LogP contribution in [0.5, 0.6) is 0 Å². The molecule has 0 aliphatic carbocycles. The summed E-state index contributed by atoms with van der Waals surface area (Å²) in [5, 5.41) is 0. The van der Waals surface area contributed by atoms with Gasteiger partial charge in [-0.05, 0) is 12.8 Å². The third-order valence-corrected chi connectivity index (χ3v) is 4.24. The molecular formula is C9H22O2Si. The SMILES string of the molecule is CCCOOC(CC)[Si](C)(C)C. The van der Waals surface area contributed by atoms with Crippen molar-refractivity contribution in [2.24, 2.45) is 0 Å². The summed E-state index contributed by atoms with van der Waals surface area (Å²) in [6, 6.07) is 0. The molecule has 0 amide bonds. The van der Waals surface area contributed by atoms with E-state index in [0.717, 1.165) is 12.8 Å². The van der Waals surface area contributed by atoms with Gasteiger partial charge in [-0.2, -0.15) is 0 Å². The van der Waals surface area contributed by atoms with Crippen molar-refractivity contribution in [1.82, 2.24) is 0 Å². The minimum Gasteiger partial charge on any atom is -0.237 e. The van der Waals surface area contributed by atoms with Gasteiger partial charge in [0.2, 0.25) is 0 Å². The van der Waals surface area contributed by atoms with Gasteiger partial charge in [-0.25, -0.2) is 9.78 Å². The molecule has 1 atom stereocenters. The van der Waals surface area contributed by atoms with E-state index in [0.29, 0.717) is 12.3 Å². The van der Waals surface area contributed by atoms with Crippen molar-refractivity contribution >= 4 is 8.07 Å². The van der Waals surface area contributed by atoms with Gasteiger partial charge >= 0.3 is 0 Å². The van der Waals surface area contributed by atoms with Gasteiger partial charge in [0.05, 0.1) is 20.4 Å². The van der Waals surface area contributed by atoms with Crippen molar-refractivity contribution in [3.8, 4) is 0 Å². The van der Waals surface area contributed by atoms with E-state index in [-0.39, 0.29) is 0 Å². The molecule has 0 radical (unpaired) electrons. The molecule has 0 rings (SSSR count). The lowest BCUT2D eigenvalue weighted by Crippen LogP contribution is -2.39. The fraction of sp³-hybridized carbons (Fsp3) is 1.00. The lowest BCUT2D eigenvalue weighted by atomic mass is 10.5. The Kier molecular flexibility index (Phi) is 5.79. The van der Waals surface area contributed by atoms with Gasteiger partial charge < -0.3 is 0 Å². The van der Waals surface area contributed by atoms with Crippen LogP contribution in [0.1, 0.15) is 26.7 Å². The number of hydrogen-bond donors (Lipinski definition) is 0. The van der Waals surface area contributed by atoms with Crippen molar-refractivity contribution < 1.29 is 9.78 Å². The van der Waals surface area contributed by atoms with Gasteiger partial charge in [-0.3, -0.25) is 0 Å². The molecule has 0 aromatic rings. The summed E-state index contributed by atoms with van der Waals surface area (Å²) >= 11 is 0. The number of rotatable bonds is 6. The van der Waals surface area contributed by atoms with Crippen molar-refractivity contribution in [2.75, 3.05) is 6.61 Å². The third kappa shape index (κ3) is 4.90. The molecule has 0 fully saturated rings. The highest BCUT2D eigenvalue weighted by Crippen LogP contribution is 2.14. The molecule has 0 heterocycles. The molecular weight excluding hydrogens is 168 g/mol. The largest absolute Gasteiger partial charge is 0.237 e. The van der Waals surface area contributed by atoms with Gasteiger partial charge in [0.25, 0.3) is 0 Å². The molecule has 74 valence electrons. The molecule has 0 spiro atoms. The Morgan fingerprint density at radius 3 is 2.08 bits per heavy atom. The van der Waals surface area contributed by atoms with E-state index < -0.39 is 8.07 Å². The minimum absolute atomic E-state index is 0.337. The molecule has 0 aromatic heterocycles. The van der Waals surface area contributed by atoms with Crippen LogP contribution in [0.3, 0.4) is 0 Å². The molecule has 1 unspecified atom stereocenters. The first-order chi connectivity index (χ1) is 5.52. The second-order valence-corrected chi connectivity index (χ2v) is 9.56. The highest BCUT2D eigenvalue weighted by Gasteiger charge is 2.26. The Labute approximate surface area is 77.2 Å². The fourth-order valence-corrected chi connectivity index (χ4v) is 2.62. The molecule has 0 aliphatic rings. The van der Waals surface area contributed by atoms with Crippen LogP contribution in [-0.4, -0.2) is 20.4 Å². The summed E-state index contributed by atoms with van der Waals surface area (Å²) in [7, 11) is -1.18. The second kappa shape index (κ2) is 5.73. The maximum absolute atomic E-state index is 5.36. The van der Waals surface area contributed by atoms with Crippen LogP contribution in [0.4, 0.5) is 0 Å². The van der Waals surface area contributed by atoms with Crippen LogP contribution in [-0.2, 0) is 9.78 Å². The van der Waals surface area contributed by atoms with Crippen LogP contribution < -0.4 is 0 Å². The average molecular weight is 190 g/mol. The van der Waals surface area contributed by atoms with Crippen LogP contribution in [0.2, 0.25) is 19.6 Å². The first-order valence-electron chi connectivity index (χ1n) is 4.80. The Bertz CT molecular complexity index is 110. The molecule has 0 N–H and O–H groups in total. The van der Waals surface area contributed by atoms with Gasteiger partial charge in [0, 0.05) is 0 Å². The van der Waals surface area contributed by atoms with E-state index >= 15 is 0 Å². The highest BCUT2D eigenvalue weighted by molar-refractivity contribution is 6.77. The zero-order valence-corrected chi connectivity index (χ0v) is 10.0. The summed E-state index contributed by atoms with van der Waals surface area (Å²) in [6.07, 6.45) is 2.07. The van der Waals surface area contributed by atoms with E-state index in [9.17, 15) is 0 Å². The van der Waals surface area contributed by atoms with E-state index in [1.54, 1.807) is 0 Å². The molecule has 0 aliphatic heterocycles. The van der Waals surface area contributed by atoms with Crippen LogP contribution in [0.25, 0.3) is 0 Å². The summed E-state index contributed by atoms with van der Waals surface area (Å²) in [5.41, 5.74) is 0.337. The smallest absolute Gasteiger partial charge is 0.0827 e. The fourth-order valence-electron chi connectivity index (χ4n) is 1.04. The quantitative estimate of drug-likeness (QED) is 0.277. The Morgan fingerprint density at radius 2 is 1.75 bits per heavy atom. The summed E-state index contributed by atoms with van der Waals surface area (Å²) in [4.78, 5) is 10.5. The van der Waals surface area contributed by atoms with Crippen LogP contribution in [0.15, 0.2) is 0 Å². The van der Waals surface area contributed by atoms with E-state index in [2.05, 4.69) is 33.5 Å². The van der Waals surface area contributed by atoms with Crippen LogP contribution >= 0.6 is 0 Å². The topological polar surface area (TPSA) is 18.5 Å². The first-order valence-corrected chi connectivity index (χ1v) is 8.38. The van der Waals surface area contributed by atoms with Gasteiger partial charge in [0.15, 0.2) is 0 Å². The van der Waals surface area contributed by atoms with Crippen molar-refractivity contribution in [3.05, 3.63) is 0 Å². The number of hydrogen-bond acceptors (Lipinski definition) is 2. The molecule has 12 heavy (non-hydrogen) atoms. The average Bonchev–Trinajstić information content (AvgIpc) is 1.95. The van der Waals surface area contributed by atoms with Gasteiger partial charge in [-0.15, -0.1) is 0 Å². The molecule has 3 heteroatoms. The first kappa shape index (κ1) is 12.1. The van der Waals surface area contributed by atoms with Crippen molar-refractivity contribution in [2.45, 2.75) is 52.1 Å². The lowest BCUT2D eigenvalue weighted by molar-refractivity contribution is -0.308. The highest BCUT2D eigenvalue weighted by atomic mass is 28.3. The molecule has 0 saturated carbocycles. The standard InChI is InChI=1S/C9H22O2Si/c1-6-8-10-11-9(7-2)12(3,4)5/h9H,6-8H2,1-5H3. The Morgan fingerprint density at radius 1 is 1.17 bits per heavy atom. The normalized spacial score (nSPS) is 14.8. The van der Waals surface area contributed by atoms with E-state index in [4.69, 9.17) is 9.78 Å². The summed E-state index contributed by atoms with van der Waals surface area (Å²) in [6.45, 7) is 11.8. The second-order valence-electron chi connectivity index (χ2n) is 4.18. The molecule has 0 saturated heterocycles. The zero-order valence-electron chi connectivity index (χ0n) is 9.02. The Hall–Kier alpha value is 0.137. The van der Waals surface area contributed by atoms with Gasteiger partial charge in [-0.1, -0.05) is 33.5 Å². The predicted octanol–water partition coefficient (Wildman–Crippen LogP) is 3.00. The summed E-state index contributed by atoms with van der Waals surface area (Å²) in [5.74, 6) is 0. The monoisotopic (exact) mass is 190 g/mol. The maximum atomic E-state index is 5.36. The molecule has 0 aromatic carbocycles. The van der Waals surface area contributed by atoms with Gasteiger partial charge in [0.1, 0.15) is 0 Å².